The van der Waals surface area contributed by atoms with Crippen LogP contribution in [0.2, 0.25) is 0 Å². The molecule has 2 aliphatic heterocycles. The van der Waals surface area contributed by atoms with Gasteiger partial charge >= 0.3 is 0 Å². The first-order valence-electron chi connectivity index (χ1n) is 11.6. The molecule has 0 radical (unpaired) electrons. The minimum atomic E-state index is -4.35. The van der Waals surface area contributed by atoms with Crippen LogP contribution in [-0.2, 0) is 31.4 Å². The average Bonchev–Trinajstić information content (AvgIpc) is 3.28. The molecule has 2 heterocycles. The number of aliphatic hydroxyl groups excluding tert-OH is 1. The molecule has 2 aromatic rings. The molecule has 5 rings (SSSR count). The van der Waals surface area contributed by atoms with Crippen molar-refractivity contribution in [3.8, 4) is 0 Å². The highest BCUT2D eigenvalue weighted by Gasteiger charge is 2.49. The molecule has 1 saturated carbocycles. The minimum absolute atomic E-state index is 0.0384. The molecule has 2 aromatic carbocycles. The van der Waals surface area contributed by atoms with E-state index in [1.165, 1.54) is 29.2 Å². The Kier molecular flexibility index (Phi) is 6.02. The molecule has 13 heteroatoms. The summed E-state index contributed by atoms with van der Waals surface area (Å²) < 4.78 is 68.8. The SMILES string of the molecule is CS(=O)(=O)Nc1ccc2c(c1)S(=O)(=O)N=C(C1=C(O)C3(CCCC3)CN(Cc3ccc(F)cc3)C1=O)N2. The number of sulfonamides is 2. The first kappa shape index (κ1) is 25.2. The highest BCUT2D eigenvalue weighted by atomic mass is 32.2. The molecular formula is C24H25FN4O6S2. The molecule has 0 unspecified atom stereocenters. The average molecular weight is 549 g/mol. The second-order valence-electron chi connectivity index (χ2n) is 9.62. The van der Waals surface area contributed by atoms with Gasteiger partial charge in [0.1, 0.15) is 22.0 Å². The number of amidine groups is 1. The second kappa shape index (κ2) is 8.84. The van der Waals surface area contributed by atoms with E-state index < -0.39 is 37.2 Å². The third kappa shape index (κ3) is 4.80. The Morgan fingerprint density at radius 1 is 1.16 bits per heavy atom. The van der Waals surface area contributed by atoms with Gasteiger partial charge in [0, 0.05) is 24.2 Å². The Hall–Kier alpha value is -3.45. The third-order valence-corrected chi connectivity index (χ3v) is 8.77. The number of halogens is 1. The maximum atomic E-state index is 13.6. The van der Waals surface area contributed by atoms with Crippen LogP contribution >= 0.6 is 0 Å². The van der Waals surface area contributed by atoms with Crippen molar-refractivity contribution in [1.82, 2.24) is 4.90 Å². The van der Waals surface area contributed by atoms with Crippen LogP contribution in [0.5, 0.6) is 0 Å². The molecule has 1 spiro atoms. The van der Waals surface area contributed by atoms with Crippen molar-refractivity contribution in [2.24, 2.45) is 9.81 Å². The number of rotatable bonds is 5. The van der Waals surface area contributed by atoms with Crippen molar-refractivity contribution in [2.45, 2.75) is 37.1 Å². The topological polar surface area (TPSA) is 145 Å². The second-order valence-corrected chi connectivity index (χ2v) is 12.9. The molecule has 1 amide bonds. The van der Waals surface area contributed by atoms with Gasteiger partial charge in [0.2, 0.25) is 10.0 Å². The molecule has 0 atom stereocenters. The molecule has 37 heavy (non-hydrogen) atoms. The van der Waals surface area contributed by atoms with Crippen molar-refractivity contribution in [3.05, 3.63) is 65.2 Å². The molecule has 3 N–H and O–H groups in total. The number of benzene rings is 2. The van der Waals surface area contributed by atoms with Crippen molar-refractivity contribution in [2.75, 3.05) is 22.8 Å². The van der Waals surface area contributed by atoms with Crippen LogP contribution in [0, 0.1) is 11.2 Å². The summed E-state index contributed by atoms with van der Waals surface area (Å²) in [5, 5.41) is 14.2. The van der Waals surface area contributed by atoms with Crippen LogP contribution in [-0.4, -0.2) is 51.4 Å². The quantitative estimate of drug-likeness (QED) is 0.521. The lowest BCUT2D eigenvalue weighted by Crippen LogP contribution is -2.49. The Bertz CT molecular complexity index is 1560. The van der Waals surface area contributed by atoms with E-state index >= 15 is 0 Å². The number of nitrogens with one attached hydrogen (secondary N) is 2. The van der Waals surface area contributed by atoms with Gasteiger partial charge in [0.15, 0.2) is 5.84 Å². The van der Waals surface area contributed by atoms with Crippen LogP contribution < -0.4 is 10.0 Å². The minimum Gasteiger partial charge on any atom is -0.511 e. The van der Waals surface area contributed by atoms with Crippen molar-refractivity contribution in [1.29, 1.82) is 0 Å². The largest absolute Gasteiger partial charge is 0.511 e. The van der Waals surface area contributed by atoms with Gasteiger partial charge in [-0.3, -0.25) is 9.52 Å². The maximum absolute atomic E-state index is 13.6. The molecule has 1 fully saturated rings. The van der Waals surface area contributed by atoms with Crippen molar-refractivity contribution in [3.63, 3.8) is 0 Å². The number of aliphatic hydroxyl groups is 1. The smallest absolute Gasteiger partial charge is 0.286 e. The van der Waals surface area contributed by atoms with Gasteiger partial charge in [0.25, 0.3) is 15.9 Å². The first-order valence-corrected chi connectivity index (χ1v) is 14.9. The predicted octanol–water partition coefficient (Wildman–Crippen LogP) is 3.12. The van der Waals surface area contributed by atoms with Gasteiger partial charge in [-0.05, 0) is 48.7 Å². The fourth-order valence-electron chi connectivity index (χ4n) is 5.18. The number of nitrogens with zero attached hydrogens (tertiary/aromatic N) is 2. The van der Waals surface area contributed by atoms with Gasteiger partial charge in [0.05, 0.1) is 11.9 Å². The van der Waals surface area contributed by atoms with Crippen LogP contribution in [0.3, 0.4) is 0 Å². The number of amides is 1. The lowest BCUT2D eigenvalue weighted by Gasteiger charge is -2.41. The highest BCUT2D eigenvalue weighted by Crippen LogP contribution is 2.48. The normalized spacial score (nSPS) is 20.4. The molecule has 3 aliphatic rings. The van der Waals surface area contributed by atoms with Gasteiger partial charge in [-0.2, -0.15) is 8.42 Å². The van der Waals surface area contributed by atoms with E-state index in [9.17, 15) is 31.1 Å². The van der Waals surface area contributed by atoms with Gasteiger partial charge in [-0.1, -0.05) is 25.0 Å². The van der Waals surface area contributed by atoms with Crippen molar-refractivity contribution < 1.29 is 31.1 Å². The summed E-state index contributed by atoms with van der Waals surface area (Å²) in [7, 11) is -7.99. The van der Waals surface area contributed by atoms with Gasteiger partial charge in [-0.15, -0.1) is 4.40 Å². The van der Waals surface area contributed by atoms with Crippen LogP contribution in [0.1, 0.15) is 31.2 Å². The first-order chi connectivity index (χ1) is 17.4. The van der Waals surface area contributed by atoms with Crippen molar-refractivity contribution >= 4 is 43.2 Å². The molecule has 1 aliphatic carbocycles. The van der Waals surface area contributed by atoms with Crippen LogP contribution in [0.15, 0.2) is 63.1 Å². The molecule has 10 nitrogen and oxygen atoms in total. The summed E-state index contributed by atoms with van der Waals surface area (Å²) in [4.78, 5) is 14.9. The number of hydrogen-bond donors (Lipinski definition) is 3. The van der Waals surface area contributed by atoms with Gasteiger partial charge in [-0.25, -0.2) is 12.8 Å². The fourth-order valence-corrected chi connectivity index (χ4v) is 6.88. The third-order valence-electron chi connectivity index (χ3n) is 6.85. The summed E-state index contributed by atoms with van der Waals surface area (Å²) in [5.41, 5.74) is -0.139. The number of hydrogen-bond acceptors (Lipinski definition) is 7. The van der Waals surface area contributed by atoms with Crippen LogP contribution in [0.4, 0.5) is 15.8 Å². The predicted molar refractivity (Wildman–Crippen MR) is 136 cm³/mol. The monoisotopic (exact) mass is 548 g/mol. The van der Waals surface area contributed by atoms with E-state index in [0.29, 0.717) is 18.4 Å². The Morgan fingerprint density at radius 3 is 2.49 bits per heavy atom. The summed E-state index contributed by atoms with van der Waals surface area (Å²) >= 11 is 0. The molecule has 0 bridgehead atoms. The maximum Gasteiger partial charge on any atom is 0.286 e. The zero-order valence-electron chi connectivity index (χ0n) is 19.9. The summed E-state index contributed by atoms with van der Waals surface area (Å²) in [6.07, 6.45) is 3.86. The Morgan fingerprint density at radius 2 is 1.84 bits per heavy atom. The fraction of sp³-hybridized carbons (Fsp3) is 0.333. The van der Waals surface area contributed by atoms with Gasteiger partial charge < -0.3 is 15.3 Å². The Labute approximate surface area is 214 Å². The van der Waals surface area contributed by atoms with E-state index in [1.54, 1.807) is 12.1 Å². The zero-order chi connectivity index (χ0) is 26.6. The summed E-state index contributed by atoms with van der Waals surface area (Å²) in [5.74, 6) is -1.49. The Balaban J connectivity index is 1.55. The lowest BCUT2D eigenvalue weighted by atomic mass is 9.78. The van der Waals surface area contributed by atoms with E-state index in [0.717, 1.165) is 25.2 Å². The number of fused-ring (bicyclic) bond motifs is 1. The molecular weight excluding hydrogens is 523 g/mol. The lowest BCUT2D eigenvalue weighted by molar-refractivity contribution is -0.130. The van der Waals surface area contributed by atoms with Crippen LogP contribution in [0.25, 0.3) is 0 Å². The summed E-state index contributed by atoms with van der Waals surface area (Å²) in [6, 6.07) is 9.61. The van der Waals surface area contributed by atoms with E-state index in [4.69, 9.17) is 0 Å². The molecule has 0 saturated heterocycles. The van der Waals surface area contributed by atoms with E-state index in [1.807, 2.05) is 0 Å². The van der Waals surface area contributed by atoms with E-state index in [2.05, 4.69) is 14.4 Å². The number of anilines is 2. The highest BCUT2D eigenvalue weighted by molar-refractivity contribution is 7.92. The van der Waals surface area contributed by atoms with E-state index in [-0.39, 0.29) is 46.5 Å². The standard InChI is InChI=1S/C24H25FN4O6S2/c1-36(32,33)27-17-8-9-18-19(12-17)37(34,35)28-22(26-18)20-21(30)24(10-2-3-11-24)14-29(23(20)31)13-15-4-6-16(25)7-5-15/h4-9,12,27,30H,2-3,10-11,13-14H2,1H3,(H,26,28). The number of carbonyl (C=O) groups is 1. The summed E-state index contributed by atoms with van der Waals surface area (Å²) in [6.45, 7) is 0.393. The molecule has 196 valence electrons. The zero-order valence-corrected chi connectivity index (χ0v) is 21.5. The molecule has 0 aromatic heterocycles. The number of carbonyl (C=O) groups excluding carboxylic acids is 1.